The van der Waals surface area contributed by atoms with Crippen LogP contribution in [-0.2, 0) is 0 Å². The van der Waals surface area contributed by atoms with Crippen molar-refractivity contribution in [3.8, 4) is 5.75 Å². The number of ether oxygens (including phenoxy) is 1. The maximum Gasteiger partial charge on any atom is 0.170 e. The fourth-order valence-corrected chi connectivity index (χ4v) is 2.55. The lowest BCUT2D eigenvalue weighted by molar-refractivity contribution is 0.298. The molecule has 0 unspecified atom stereocenters. The Morgan fingerprint density at radius 2 is 1.92 bits per heavy atom. The van der Waals surface area contributed by atoms with Crippen LogP contribution >= 0.6 is 12.2 Å². The molecule has 2 aromatic rings. The number of halogens is 1. The molecule has 0 fully saturated rings. The van der Waals surface area contributed by atoms with Gasteiger partial charge >= 0.3 is 0 Å². The van der Waals surface area contributed by atoms with Gasteiger partial charge in [0.05, 0.1) is 13.2 Å². The summed E-state index contributed by atoms with van der Waals surface area (Å²) in [5.74, 6) is 0.552. The van der Waals surface area contributed by atoms with Crippen molar-refractivity contribution in [2.45, 2.75) is 6.04 Å². The largest absolute Gasteiger partial charge is 0.497 e. The summed E-state index contributed by atoms with van der Waals surface area (Å²) >= 11 is 5.31. The van der Waals surface area contributed by atoms with Gasteiger partial charge in [-0.1, -0.05) is 12.1 Å². The van der Waals surface area contributed by atoms with Crippen LogP contribution in [0.2, 0.25) is 0 Å². The monoisotopic (exact) mass is 347 g/mol. The van der Waals surface area contributed by atoms with Gasteiger partial charge in [-0.15, -0.1) is 0 Å². The normalized spacial score (nSPS) is 11.9. The molecule has 0 heterocycles. The zero-order chi connectivity index (χ0) is 17.5. The van der Waals surface area contributed by atoms with Gasteiger partial charge in [0.2, 0.25) is 0 Å². The topological polar surface area (TPSA) is 36.5 Å². The van der Waals surface area contributed by atoms with Gasteiger partial charge in [0.25, 0.3) is 0 Å². The van der Waals surface area contributed by atoms with Crippen molar-refractivity contribution in [1.29, 1.82) is 0 Å². The van der Waals surface area contributed by atoms with Crippen LogP contribution in [0.4, 0.5) is 10.1 Å². The van der Waals surface area contributed by atoms with E-state index in [-0.39, 0.29) is 11.9 Å². The van der Waals surface area contributed by atoms with Gasteiger partial charge in [0, 0.05) is 12.2 Å². The lowest BCUT2D eigenvalue weighted by atomic mass is 10.1. The van der Waals surface area contributed by atoms with E-state index < -0.39 is 0 Å². The first-order chi connectivity index (χ1) is 11.5. The summed E-state index contributed by atoms with van der Waals surface area (Å²) < 4.78 is 18.2. The fourth-order valence-electron chi connectivity index (χ4n) is 2.35. The van der Waals surface area contributed by atoms with Crippen molar-refractivity contribution < 1.29 is 9.13 Å². The highest BCUT2D eigenvalue weighted by Gasteiger charge is 2.15. The summed E-state index contributed by atoms with van der Waals surface area (Å²) in [4.78, 5) is 2.11. The van der Waals surface area contributed by atoms with E-state index >= 15 is 0 Å². The molecule has 0 saturated heterocycles. The number of likely N-dealkylation sites (N-methyl/N-ethyl adjacent to an activating group) is 1. The van der Waals surface area contributed by atoms with Crippen molar-refractivity contribution in [2.75, 3.05) is 33.1 Å². The molecular weight excluding hydrogens is 325 g/mol. The van der Waals surface area contributed by atoms with Crippen molar-refractivity contribution in [3.63, 3.8) is 0 Å². The average molecular weight is 347 g/mol. The summed E-state index contributed by atoms with van der Waals surface area (Å²) in [6.07, 6.45) is 0. The van der Waals surface area contributed by atoms with Gasteiger partial charge in [0.15, 0.2) is 5.11 Å². The molecule has 2 aromatic carbocycles. The van der Waals surface area contributed by atoms with E-state index in [0.717, 1.165) is 17.0 Å². The zero-order valence-corrected chi connectivity index (χ0v) is 14.9. The number of nitrogens with one attached hydrogen (secondary N) is 2. The SMILES string of the molecule is COc1cccc([C@H](CNC(=S)Nc2ccc(F)cc2)N(C)C)c1. The first-order valence-corrected chi connectivity index (χ1v) is 8.01. The van der Waals surface area contributed by atoms with Crippen LogP contribution in [-0.4, -0.2) is 37.8 Å². The third kappa shape index (κ3) is 5.18. The summed E-state index contributed by atoms with van der Waals surface area (Å²) in [7, 11) is 5.69. The van der Waals surface area contributed by atoms with Gasteiger partial charge in [-0.3, -0.25) is 0 Å². The summed E-state index contributed by atoms with van der Waals surface area (Å²) in [5, 5.41) is 6.75. The van der Waals surface area contributed by atoms with E-state index in [2.05, 4.69) is 21.6 Å². The molecule has 0 saturated carbocycles. The number of benzene rings is 2. The van der Waals surface area contributed by atoms with Crippen molar-refractivity contribution in [3.05, 3.63) is 59.9 Å². The van der Waals surface area contributed by atoms with Crippen LogP contribution in [0, 0.1) is 5.82 Å². The third-order valence-electron chi connectivity index (χ3n) is 3.66. The minimum absolute atomic E-state index is 0.132. The van der Waals surface area contributed by atoms with Gasteiger partial charge < -0.3 is 20.3 Å². The van der Waals surface area contributed by atoms with E-state index in [1.54, 1.807) is 19.2 Å². The molecule has 24 heavy (non-hydrogen) atoms. The zero-order valence-electron chi connectivity index (χ0n) is 14.0. The lowest BCUT2D eigenvalue weighted by Gasteiger charge is -2.26. The standard InChI is InChI=1S/C18H22FN3OS/c1-22(2)17(13-5-4-6-16(11-13)23-3)12-20-18(24)21-15-9-7-14(19)8-10-15/h4-11,17H,12H2,1-3H3,(H2,20,21,24)/t17-/m0/s1. The van der Waals surface area contributed by atoms with E-state index in [0.29, 0.717) is 11.7 Å². The van der Waals surface area contributed by atoms with Gasteiger partial charge in [-0.2, -0.15) is 0 Å². The maximum atomic E-state index is 12.9. The minimum atomic E-state index is -0.273. The minimum Gasteiger partial charge on any atom is -0.497 e. The molecule has 128 valence electrons. The highest BCUT2D eigenvalue weighted by molar-refractivity contribution is 7.80. The van der Waals surface area contributed by atoms with Crippen LogP contribution in [0.25, 0.3) is 0 Å². The molecule has 0 aliphatic heterocycles. The first kappa shape index (κ1) is 18.2. The Hall–Kier alpha value is -2.18. The average Bonchev–Trinajstić information content (AvgIpc) is 2.57. The molecular formula is C18H22FN3OS. The van der Waals surface area contributed by atoms with Crippen LogP contribution in [0.5, 0.6) is 5.75 Å². The smallest absolute Gasteiger partial charge is 0.170 e. The van der Waals surface area contributed by atoms with Gasteiger partial charge in [-0.25, -0.2) is 4.39 Å². The number of methoxy groups -OCH3 is 1. The van der Waals surface area contributed by atoms with E-state index in [4.69, 9.17) is 17.0 Å². The highest BCUT2D eigenvalue weighted by Crippen LogP contribution is 2.22. The molecule has 0 radical (unpaired) electrons. The summed E-state index contributed by atoms with van der Waals surface area (Å²) in [6, 6.07) is 14.2. The number of thiocarbonyl (C=S) groups is 1. The Morgan fingerprint density at radius 3 is 2.54 bits per heavy atom. The number of nitrogens with zero attached hydrogens (tertiary/aromatic N) is 1. The molecule has 2 rings (SSSR count). The Balaban J connectivity index is 1.98. The molecule has 6 heteroatoms. The van der Waals surface area contributed by atoms with Crippen molar-refractivity contribution in [1.82, 2.24) is 10.2 Å². The predicted octanol–water partition coefficient (Wildman–Crippen LogP) is 3.42. The Kier molecular flexibility index (Phi) is 6.52. The maximum absolute atomic E-state index is 12.9. The summed E-state index contributed by atoms with van der Waals surface area (Å²) in [6.45, 7) is 0.632. The van der Waals surface area contributed by atoms with Gasteiger partial charge in [0.1, 0.15) is 11.6 Å². The molecule has 0 aromatic heterocycles. The first-order valence-electron chi connectivity index (χ1n) is 7.60. The van der Waals surface area contributed by atoms with E-state index in [1.807, 2.05) is 32.3 Å². The molecule has 4 nitrogen and oxygen atoms in total. The second kappa shape index (κ2) is 8.61. The van der Waals surface area contributed by atoms with E-state index in [9.17, 15) is 4.39 Å². The fraction of sp³-hybridized carbons (Fsp3) is 0.278. The van der Waals surface area contributed by atoms with Crippen LogP contribution in [0.3, 0.4) is 0 Å². The highest BCUT2D eigenvalue weighted by atomic mass is 32.1. The number of hydrogen-bond acceptors (Lipinski definition) is 3. The Bertz CT molecular complexity index is 676. The van der Waals surface area contributed by atoms with Crippen LogP contribution in [0.1, 0.15) is 11.6 Å². The molecule has 0 aliphatic rings. The quantitative estimate of drug-likeness (QED) is 0.783. The second-order valence-electron chi connectivity index (χ2n) is 5.60. The predicted molar refractivity (Wildman–Crippen MR) is 100 cm³/mol. The molecule has 0 amide bonds. The molecule has 2 N–H and O–H groups in total. The Morgan fingerprint density at radius 1 is 1.21 bits per heavy atom. The molecule has 0 aliphatic carbocycles. The summed E-state index contributed by atoms with van der Waals surface area (Å²) in [5.41, 5.74) is 1.88. The number of hydrogen-bond donors (Lipinski definition) is 2. The lowest BCUT2D eigenvalue weighted by Crippen LogP contribution is -2.36. The van der Waals surface area contributed by atoms with Crippen molar-refractivity contribution >= 4 is 23.0 Å². The van der Waals surface area contributed by atoms with E-state index in [1.165, 1.54) is 12.1 Å². The Labute approximate surface area is 147 Å². The molecule has 0 spiro atoms. The third-order valence-corrected chi connectivity index (χ3v) is 3.91. The van der Waals surface area contributed by atoms with Crippen LogP contribution in [0.15, 0.2) is 48.5 Å². The molecule has 0 bridgehead atoms. The van der Waals surface area contributed by atoms with Crippen LogP contribution < -0.4 is 15.4 Å². The number of rotatable bonds is 6. The van der Waals surface area contributed by atoms with Gasteiger partial charge in [-0.05, 0) is 68.3 Å². The van der Waals surface area contributed by atoms with Crippen molar-refractivity contribution in [2.24, 2.45) is 0 Å². The number of anilines is 1. The molecule has 1 atom stereocenters. The second-order valence-corrected chi connectivity index (χ2v) is 6.01.